The lowest BCUT2D eigenvalue weighted by Gasteiger charge is -2.21. The number of hydrogen-bond donors (Lipinski definition) is 3. The molecule has 1 atom stereocenters. The van der Waals surface area contributed by atoms with E-state index in [0.29, 0.717) is 0 Å². The summed E-state index contributed by atoms with van der Waals surface area (Å²) < 4.78 is 5.00. The molecule has 0 aliphatic rings. The van der Waals surface area contributed by atoms with Crippen molar-refractivity contribution in [2.45, 2.75) is 19.9 Å². The van der Waals surface area contributed by atoms with Crippen LogP contribution in [0.1, 0.15) is 34.8 Å². The Labute approximate surface area is 149 Å². The van der Waals surface area contributed by atoms with Gasteiger partial charge in [0.1, 0.15) is 6.04 Å². The molecule has 1 aromatic heterocycles. The maximum Gasteiger partial charge on any atom is 0.287 e. The highest BCUT2D eigenvalue weighted by molar-refractivity contribution is 6.33. The molecular formula is C17H18ClN3O4. The Hall–Kier alpha value is -2.80. The molecule has 0 saturated carbocycles. The number of hydrogen-bond acceptors (Lipinski definition) is 4. The van der Waals surface area contributed by atoms with Gasteiger partial charge in [0.05, 0.1) is 16.8 Å². The normalized spacial score (nSPS) is 11.7. The zero-order valence-corrected chi connectivity index (χ0v) is 14.5. The maximum atomic E-state index is 12.3. The number of amides is 3. The van der Waals surface area contributed by atoms with Crippen LogP contribution in [0.3, 0.4) is 0 Å². The standard InChI is InChI=1S/C17H18ClN3O4/c1-10(2)14(19-16(23)13-8-5-9-25-13)17(24)21-20-15(22)11-6-3-4-7-12(11)18/h3-10,14H,1-2H3,(H,19,23)(H,20,22)(H,21,24). The van der Waals surface area contributed by atoms with Crippen LogP contribution in [-0.2, 0) is 4.79 Å². The lowest BCUT2D eigenvalue weighted by Crippen LogP contribution is -2.54. The van der Waals surface area contributed by atoms with Crippen molar-refractivity contribution in [1.82, 2.24) is 16.2 Å². The minimum absolute atomic E-state index is 0.0959. The van der Waals surface area contributed by atoms with Crippen molar-refractivity contribution in [3.63, 3.8) is 0 Å². The van der Waals surface area contributed by atoms with Gasteiger partial charge >= 0.3 is 0 Å². The molecule has 3 amide bonds. The van der Waals surface area contributed by atoms with E-state index in [-0.39, 0.29) is 22.3 Å². The van der Waals surface area contributed by atoms with Crippen molar-refractivity contribution in [3.8, 4) is 0 Å². The number of carbonyl (C=O) groups is 3. The van der Waals surface area contributed by atoms with E-state index in [1.54, 1.807) is 38.1 Å². The number of nitrogens with one attached hydrogen (secondary N) is 3. The van der Waals surface area contributed by atoms with E-state index in [4.69, 9.17) is 16.0 Å². The number of furan rings is 1. The number of carbonyl (C=O) groups excluding carboxylic acids is 3. The van der Waals surface area contributed by atoms with Gasteiger partial charge < -0.3 is 9.73 Å². The summed E-state index contributed by atoms with van der Waals surface area (Å²) in [6.45, 7) is 3.53. The van der Waals surface area contributed by atoms with Crippen molar-refractivity contribution >= 4 is 29.3 Å². The van der Waals surface area contributed by atoms with Crippen LogP contribution in [0, 0.1) is 5.92 Å². The first-order valence-corrected chi connectivity index (χ1v) is 7.97. The zero-order valence-electron chi connectivity index (χ0n) is 13.7. The summed E-state index contributed by atoms with van der Waals surface area (Å²) in [4.78, 5) is 36.4. The van der Waals surface area contributed by atoms with Gasteiger partial charge in [0.25, 0.3) is 17.7 Å². The van der Waals surface area contributed by atoms with Crippen LogP contribution in [0.15, 0.2) is 47.1 Å². The van der Waals surface area contributed by atoms with Gasteiger partial charge in [-0.1, -0.05) is 37.6 Å². The fourth-order valence-corrected chi connectivity index (χ4v) is 2.29. The van der Waals surface area contributed by atoms with Crippen molar-refractivity contribution < 1.29 is 18.8 Å². The molecule has 2 aromatic rings. The van der Waals surface area contributed by atoms with Gasteiger partial charge in [0, 0.05) is 0 Å². The first-order chi connectivity index (χ1) is 11.9. The molecule has 0 aliphatic carbocycles. The van der Waals surface area contributed by atoms with Gasteiger partial charge in [0.2, 0.25) is 0 Å². The molecule has 0 saturated heterocycles. The average Bonchev–Trinajstić information content (AvgIpc) is 3.12. The highest BCUT2D eigenvalue weighted by atomic mass is 35.5. The Morgan fingerprint density at radius 1 is 1.00 bits per heavy atom. The summed E-state index contributed by atoms with van der Waals surface area (Å²) in [5, 5.41) is 2.84. The molecule has 1 aromatic carbocycles. The molecule has 0 aliphatic heterocycles. The minimum atomic E-state index is -0.857. The molecule has 1 unspecified atom stereocenters. The maximum absolute atomic E-state index is 12.3. The topological polar surface area (TPSA) is 100 Å². The molecule has 0 spiro atoms. The SMILES string of the molecule is CC(C)C(NC(=O)c1ccco1)C(=O)NNC(=O)c1ccccc1Cl. The molecule has 0 radical (unpaired) electrons. The Morgan fingerprint density at radius 3 is 2.32 bits per heavy atom. The van der Waals surface area contributed by atoms with Crippen molar-refractivity contribution in [2.75, 3.05) is 0 Å². The Bertz CT molecular complexity index is 759. The van der Waals surface area contributed by atoms with Gasteiger partial charge in [-0.05, 0) is 30.2 Å². The van der Waals surface area contributed by atoms with E-state index < -0.39 is 23.8 Å². The largest absolute Gasteiger partial charge is 0.459 e. The summed E-state index contributed by atoms with van der Waals surface area (Å²) in [5.74, 6) is -1.75. The Balaban J connectivity index is 1.97. The second-order valence-corrected chi connectivity index (χ2v) is 6.00. The summed E-state index contributed by atoms with van der Waals surface area (Å²) >= 11 is 5.93. The second kappa shape index (κ2) is 8.34. The predicted octanol–water partition coefficient (Wildman–Crippen LogP) is 2.15. The van der Waals surface area contributed by atoms with Crippen LogP contribution in [0.2, 0.25) is 5.02 Å². The smallest absolute Gasteiger partial charge is 0.287 e. The summed E-state index contributed by atoms with van der Waals surface area (Å²) in [5.41, 5.74) is 4.81. The second-order valence-electron chi connectivity index (χ2n) is 5.60. The Kier molecular flexibility index (Phi) is 6.19. The molecule has 0 fully saturated rings. The van der Waals surface area contributed by atoms with Crippen LogP contribution in [0.4, 0.5) is 0 Å². The molecule has 8 heteroatoms. The van der Waals surface area contributed by atoms with E-state index >= 15 is 0 Å². The van der Waals surface area contributed by atoms with Crippen LogP contribution < -0.4 is 16.2 Å². The lowest BCUT2D eigenvalue weighted by atomic mass is 10.0. The molecule has 0 bridgehead atoms. The fraction of sp³-hybridized carbons (Fsp3) is 0.235. The fourth-order valence-electron chi connectivity index (χ4n) is 2.06. The van der Waals surface area contributed by atoms with E-state index in [1.807, 2.05) is 0 Å². The minimum Gasteiger partial charge on any atom is -0.459 e. The molecule has 25 heavy (non-hydrogen) atoms. The van der Waals surface area contributed by atoms with E-state index in [0.717, 1.165) is 0 Å². The van der Waals surface area contributed by atoms with E-state index in [1.165, 1.54) is 18.4 Å². The predicted molar refractivity (Wildman–Crippen MR) is 91.9 cm³/mol. The highest BCUT2D eigenvalue weighted by Crippen LogP contribution is 2.14. The van der Waals surface area contributed by atoms with Gasteiger partial charge in [-0.2, -0.15) is 0 Å². The molecule has 1 heterocycles. The number of rotatable bonds is 5. The van der Waals surface area contributed by atoms with Gasteiger partial charge in [-0.25, -0.2) is 0 Å². The summed E-state index contributed by atoms with van der Waals surface area (Å²) in [7, 11) is 0. The monoisotopic (exact) mass is 363 g/mol. The summed E-state index contributed by atoms with van der Waals surface area (Å²) in [6.07, 6.45) is 1.36. The molecule has 132 valence electrons. The summed E-state index contributed by atoms with van der Waals surface area (Å²) in [6, 6.07) is 8.65. The van der Waals surface area contributed by atoms with Crippen LogP contribution in [0.5, 0.6) is 0 Å². The van der Waals surface area contributed by atoms with Crippen molar-refractivity contribution in [2.24, 2.45) is 5.92 Å². The van der Waals surface area contributed by atoms with Crippen molar-refractivity contribution in [1.29, 1.82) is 0 Å². The Morgan fingerprint density at radius 2 is 1.72 bits per heavy atom. The number of halogens is 1. The van der Waals surface area contributed by atoms with E-state index in [2.05, 4.69) is 16.2 Å². The quantitative estimate of drug-likeness (QED) is 0.708. The van der Waals surface area contributed by atoms with Gasteiger partial charge in [-0.15, -0.1) is 0 Å². The van der Waals surface area contributed by atoms with Gasteiger partial charge in [-0.3, -0.25) is 25.2 Å². The lowest BCUT2D eigenvalue weighted by molar-refractivity contribution is -0.124. The van der Waals surface area contributed by atoms with Gasteiger partial charge in [0.15, 0.2) is 5.76 Å². The van der Waals surface area contributed by atoms with E-state index in [9.17, 15) is 14.4 Å². The zero-order chi connectivity index (χ0) is 18.4. The number of hydrazine groups is 1. The molecule has 2 rings (SSSR count). The third kappa shape index (κ3) is 4.84. The van der Waals surface area contributed by atoms with Crippen LogP contribution in [0.25, 0.3) is 0 Å². The average molecular weight is 364 g/mol. The van der Waals surface area contributed by atoms with Crippen LogP contribution in [-0.4, -0.2) is 23.8 Å². The first kappa shape index (κ1) is 18.5. The number of benzene rings is 1. The van der Waals surface area contributed by atoms with Crippen molar-refractivity contribution in [3.05, 3.63) is 59.0 Å². The first-order valence-electron chi connectivity index (χ1n) is 7.59. The molecular weight excluding hydrogens is 346 g/mol. The molecule has 3 N–H and O–H groups in total. The molecule has 7 nitrogen and oxygen atoms in total. The third-order valence-corrected chi connectivity index (χ3v) is 3.73. The third-order valence-electron chi connectivity index (χ3n) is 3.40. The van der Waals surface area contributed by atoms with Crippen LogP contribution >= 0.6 is 11.6 Å². The highest BCUT2D eigenvalue weighted by Gasteiger charge is 2.26.